The van der Waals surface area contributed by atoms with Crippen molar-refractivity contribution in [3.8, 4) is 0 Å². The van der Waals surface area contributed by atoms with Gasteiger partial charge in [-0.05, 0) is 71.8 Å². The van der Waals surface area contributed by atoms with Gasteiger partial charge < -0.3 is 11.1 Å². The normalized spacial score (nSPS) is 20.7. The molecular weight excluding hydrogens is 380 g/mol. The van der Waals surface area contributed by atoms with Gasteiger partial charge in [-0.25, -0.2) is 0 Å². The van der Waals surface area contributed by atoms with E-state index in [-0.39, 0.29) is 11.3 Å². The van der Waals surface area contributed by atoms with Crippen LogP contribution >= 0.6 is 0 Å². The Hall–Kier alpha value is -2.29. The van der Waals surface area contributed by atoms with E-state index in [4.69, 9.17) is 5.73 Å². The van der Waals surface area contributed by atoms with Crippen LogP contribution in [0.5, 0.6) is 0 Å². The van der Waals surface area contributed by atoms with Crippen molar-refractivity contribution in [3.63, 3.8) is 0 Å². The van der Waals surface area contributed by atoms with Crippen molar-refractivity contribution >= 4 is 17.2 Å². The average molecular weight is 421 g/mol. The molecule has 168 valence electrons. The zero-order chi connectivity index (χ0) is 22.8. The Morgan fingerprint density at radius 2 is 1.97 bits per heavy atom. The van der Waals surface area contributed by atoms with Crippen molar-refractivity contribution in [2.24, 2.45) is 17.3 Å². The molecule has 2 aliphatic rings. The second-order valence-corrected chi connectivity index (χ2v) is 11.0. The number of carbonyl (C=O) groups excluding carboxylic acids is 1. The van der Waals surface area contributed by atoms with Crippen molar-refractivity contribution in [1.29, 1.82) is 0 Å². The molecule has 0 radical (unpaired) electrons. The first kappa shape index (κ1) is 23.4. The molecule has 2 atom stereocenters. The molecular formula is C28H40N2O. The molecule has 0 spiro atoms. The van der Waals surface area contributed by atoms with Crippen LogP contribution in [0.4, 0.5) is 5.69 Å². The number of carbonyl (C=O) groups is 1. The topological polar surface area (TPSA) is 55.1 Å². The summed E-state index contributed by atoms with van der Waals surface area (Å²) in [5.41, 5.74) is 10.9. The van der Waals surface area contributed by atoms with E-state index in [1.165, 1.54) is 18.4 Å². The summed E-state index contributed by atoms with van der Waals surface area (Å²) in [5.74, 6) is 1.34. The number of amides is 1. The lowest BCUT2D eigenvalue weighted by Gasteiger charge is -2.41. The summed E-state index contributed by atoms with van der Waals surface area (Å²) in [6, 6.07) is 6.28. The van der Waals surface area contributed by atoms with Crippen LogP contribution in [-0.4, -0.2) is 5.91 Å². The highest BCUT2D eigenvalue weighted by Gasteiger charge is 2.40. The minimum atomic E-state index is -0.522. The number of rotatable bonds is 8. The zero-order valence-corrected chi connectivity index (χ0v) is 20.1. The Morgan fingerprint density at radius 1 is 1.26 bits per heavy atom. The van der Waals surface area contributed by atoms with Crippen molar-refractivity contribution in [3.05, 3.63) is 59.7 Å². The second-order valence-electron chi connectivity index (χ2n) is 11.0. The number of nitrogen functional groups attached to an aromatic ring is 1. The monoisotopic (exact) mass is 420 g/mol. The van der Waals surface area contributed by atoms with Crippen molar-refractivity contribution in [1.82, 2.24) is 5.32 Å². The summed E-state index contributed by atoms with van der Waals surface area (Å²) in [6.07, 6.45) is 12.7. The lowest BCUT2D eigenvalue weighted by atomic mass is 9.73. The Bertz CT molecular complexity index is 898. The van der Waals surface area contributed by atoms with Gasteiger partial charge in [0.25, 0.3) is 0 Å². The molecule has 3 rings (SSSR count). The molecule has 3 nitrogen and oxygen atoms in total. The molecule has 1 aromatic rings. The molecule has 0 aromatic heterocycles. The van der Waals surface area contributed by atoms with Crippen molar-refractivity contribution in [2.75, 3.05) is 5.73 Å². The smallest absolute Gasteiger partial charge is 0.221 e. The molecule has 1 fully saturated rings. The third-order valence-electron chi connectivity index (χ3n) is 6.50. The van der Waals surface area contributed by atoms with Gasteiger partial charge in [-0.1, -0.05) is 77.5 Å². The maximum Gasteiger partial charge on any atom is 0.221 e. The first-order valence-corrected chi connectivity index (χ1v) is 11.7. The van der Waals surface area contributed by atoms with E-state index in [0.29, 0.717) is 12.3 Å². The molecule has 0 aliphatic heterocycles. The van der Waals surface area contributed by atoms with Crippen LogP contribution in [0.3, 0.4) is 0 Å². The Labute approximate surface area is 188 Å². The summed E-state index contributed by atoms with van der Waals surface area (Å²) in [4.78, 5) is 13.3. The van der Waals surface area contributed by atoms with Gasteiger partial charge in [-0.3, -0.25) is 4.79 Å². The molecule has 3 N–H and O–H groups in total. The molecule has 0 bridgehead atoms. The molecule has 3 heteroatoms. The summed E-state index contributed by atoms with van der Waals surface area (Å²) in [5, 5.41) is 3.53. The van der Waals surface area contributed by atoms with Crippen LogP contribution in [0.2, 0.25) is 0 Å². The molecule has 2 unspecified atom stereocenters. The standard InChI is InChI=1S/C28H40N2O/c1-19(2)24-13-12-23(17-25(24)29)28(15-14-21-10-11-21,22-9-7-8-20(3)16-22)30-26(31)18-27(4,5)6/h7-9,12-13,17,20-21H,1,10-11,14-16,18,29H2,2-6H3,(H,30,31). The summed E-state index contributed by atoms with van der Waals surface area (Å²) >= 11 is 0. The quantitative estimate of drug-likeness (QED) is 0.456. The Kier molecular flexibility index (Phi) is 6.83. The maximum absolute atomic E-state index is 13.3. The highest BCUT2D eigenvalue weighted by molar-refractivity contribution is 5.79. The number of benzene rings is 1. The summed E-state index contributed by atoms with van der Waals surface area (Å²) in [7, 11) is 0. The van der Waals surface area contributed by atoms with Gasteiger partial charge in [0.2, 0.25) is 5.91 Å². The van der Waals surface area contributed by atoms with E-state index in [1.807, 2.05) is 6.92 Å². The number of nitrogens with two attached hydrogens (primary N) is 1. The fourth-order valence-electron chi connectivity index (χ4n) is 4.67. The zero-order valence-electron chi connectivity index (χ0n) is 20.1. The van der Waals surface area contributed by atoms with Gasteiger partial charge in [-0.2, -0.15) is 0 Å². The molecule has 2 aliphatic carbocycles. The summed E-state index contributed by atoms with van der Waals surface area (Å²) in [6.45, 7) is 14.6. The van der Waals surface area contributed by atoms with E-state index in [2.05, 4.69) is 76.0 Å². The molecule has 0 heterocycles. The number of allylic oxidation sites excluding steroid dienone is 4. The third-order valence-corrected chi connectivity index (χ3v) is 6.50. The van der Waals surface area contributed by atoms with E-state index < -0.39 is 5.54 Å². The highest BCUT2D eigenvalue weighted by atomic mass is 16.1. The van der Waals surface area contributed by atoms with Crippen LogP contribution in [0, 0.1) is 17.3 Å². The second kappa shape index (κ2) is 9.06. The lowest BCUT2D eigenvalue weighted by Crippen LogP contribution is -2.49. The van der Waals surface area contributed by atoms with E-state index in [0.717, 1.165) is 47.6 Å². The van der Waals surface area contributed by atoms with Crippen molar-refractivity contribution in [2.45, 2.75) is 78.7 Å². The Morgan fingerprint density at radius 3 is 2.52 bits per heavy atom. The molecule has 0 saturated heterocycles. The molecule has 1 aromatic carbocycles. The van der Waals surface area contributed by atoms with Gasteiger partial charge in [-0.15, -0.1) is 0 Å². The van der Waals surface area contributed by atoms with Crippen LogP contribution < -0.4 is 11.1 Å². The van der Waals surface area contributed by atoms with Crippen LogP contribution in [0.1, 0.15) is 84.3 Å². The van der Waals surface area contributed by atoms with E-state index in [1.54, 1.807) is 0 Å². The van der Waals surface area contributed by atoms with Crippen LogP contribution in [-0.2, 0) is 10.3 Å². The first-order chi connectivity index (χ1) is 14.5. The van der Waals surface area contributed by atoms with Crippen LogP contribution in [0.15, 0.2) is 48.6 Å². The van der Waals surface area contributed by atoms with Gasteiger partial charge in [0, 0.05) is 12.1 Å². The van der Waals surface area contributed by atoms with Crippen molar-refractivity contribution < 1.29 is 4.79 Å². The fraction of sp³-hybridized carbons (Fsp3) is 0.536. The van der Waals surface area contributed by atoms with Gasteiger partial charge in [0.05, 0.1) is 5.54 Å². The highest BCUT2D eigenvalue weighted by Crippen LogP contribution is 2.45. The maximum atomic E-state index is 13.3. The largest absolute Gasteiger partial charge is 0.398 e. The minimum Gasteiger partial charge on any atom is -0.398 e. The number of anilines is 1. The Balaban J connectivity index is 2.09. The minimum absolute atomic E-state index is 0.0662. The fourth-order valence-corrected chi connectivity index (χ4v) is 4.67. The van der Waals surface area contributed by atoms with E-state index >= 15 is 0 Å². The van der Waals surface area contributed by atoms with E-state index in [9.17, 15) is 4.79 Å². The summed E-state index contributed by atoms with van der Waals surface area (Å²) < 4.78 is 0. The number of hydrogen-bond acceptors (Lipinski definition) is 2. The molecule has 1 amide bonds. The van der Waals surface area contributed by atoms with Crippen LogP contribution in [0.25, 0.3) is 5.57 Å². The molecule has 1 saturated carbocycles. The molecule has 31 heavy (non-hydrogen) atoms. The third kappa shape index (κ3) is 5.90. The lowest BCUT2D eigenvalue weighted by molar-refractivity contribution is -0.124. The van der Waals surface area contributed by atoms with Gasteiger partial charge in [0.1, 0.15) is 0 Å². The van der Waals surface area contributed by atoms with Gasteiger partial charge in [0.15, 0.2) is 0 Å². The number of nitrogens with one attached hydrogen (secondary N) is 1. The number of hydrogen-bond donors (Lipinski definition) is 2. The van der Waals surface area contributed by atoms with Gasteiger partial charge >= 0.3 is 0 Å². The predicted molar refractivity (Wildman–Crippen MR) is 132 cm³/mol. The average Bonchev–Trinajstić information content (AvgIpc) is 3.47. The first-order valence-electron chi connectivity index (χ1n) is 11.7. The predicted octanol–water partition coefficient (Wildman–Crippen LogP) is 6.76. The SMILES string of the molecule is C=C(C)c1ccc(C(CCC2CC2)(NC(=O)CC(C)(C)C)C2=CC=CC(C)C2)cc1N.